The van der Waals surface area contributed by atoms with Crippen LogP contribution in [0, 0.1) is 6.92 Å². The standard InChI is InChI=1S/C29H23ClN4O6S/c1-14-23(33-10-6-5-7-21(33)31-14)25(35)22-24(15-11-18(38-2)27(40-4)19(12-15)39-3)34(28(37)26(22)36)29-32-17-9-8-16(30)13-20(17)41-29/h5-13,24,35H,1-4H3. The first-order valence-electron chi connectivity index (χ1n) is 12.4. The number of aliphatic hydroxyl groups is 1. The lowest BCUT2D eigenvalue weighted by atomic mass is 9.95. The van der Waals surface area contributed by atoms with E-state index in [0.29, 0.717) is 50.4 Å². The molecule has 1 saturated heterocycles. The van der Waals surface area contributed by atoms with Crippen molar-refractivity contribution in [3.05, 3.63) is 82.3 Å². The van der Waals surface area contributed by atoms with Gasteiger partial charge < -0.3 is 19.3 Å². The Kier molecular flexibility index (Phi) is 6.55. The number of Topliss-reactive ketones (excluding diaryl/α,β-unsaturated/α-hetero) is 1. The molecule has 1 N–H and O–H groups in total. The van der Waals surface area contributed by atoms with Crippen molar-refractivity contribution >= 4 is 61.4 Å². The van der Waals surface area contributed by atoms with Gasteiger partial charge in [0.15, 0.2) is 22.4 Å². The molecule has 5 aromatic rings. The van der Waals surface area contributed by atoms with Gasteiger partial charge in [-0.3, -0.25) is 18.9 Å². The first-order chi connectivity index (χ1) is 19.8. The van der Waals surface area contributed by atoms with E-state index in [4.69, 9.17) is 25.8 Å². The van der Waals surface area contributed by atoms with Crippen molar-refractivity contribution in [3.8, 4) is 17.2 Å². The summed E-state index contributed by atoms with van der Waals surface area (Å²) in [5.41, 5.74) is 2.27. The molecule has 6 rings (SSSR count). The van der Waals surface area contributed by atoms with E-state index in [9.17, 15) is 14.7 Å². The normalized spacial score (nSPS) is 16.6. The Bertz CT molecular complexity index is 1890. The van der Waals surface area contributed by atoms with Crippen LogP contribution in [0.2, 0.25) is 5.02 Å². The van der Waals surface area contributed by atoms with Gasteiger partial charge in [0.2, 0.25) is 5.75 Å². The fourth-order valence-electron chi connectivity index (χ4n) is 5.12. The minimum atomic E-state index is -1.09. The number of carbonyl (C=O) groups excluding carboxylic acids is 2. The Morgan fingerprint density at radius 2 is 1.73 bits per heavy atom. The zero-order chi connectivity index (χ0) is 29.0. The molecule has 0 radical (unpaired) electrons. The molecule has 1 aliphatic rings. The predicted molar refractivity (Wildman–Crippen MR) is 155 cm³/mol. The molecular weight excluding hydrogens is 568 g/mol. The summed E-state index contributed by atoms with van der Waals surface area (Å²) in [4.78, 5) is 38.0. The molecule has 1 amide bonds. The lowest BCUT2D eigenvalue weighted by Crippen LogP contribution is -2.29. The molecule has 1 unspecified atom stereocenters. The van der Waals surface area contributed by atoms with Gasteiger partial charge in [0, 0.05) is 11.2 Å². The van der Waals surface area contributed by atoms with E-state index in [2.05, 4.69) is 9.97 Å². The Morgan fingerprint density at radius 3 is 2.41 bits per heavy atom. The quantitative estimate of drug-likeness (QED) is 0.155. The number of carbonyl (C=O) groups is 2. The van der Waals surface area contributed by atoms with Gasteiger partial charge in [-0.05, 0) is 55.0 Å². The number of hydrogen-bond acceptors (Lipinski definition) is 9. The van der Waals surface area contributed by atoms with Gasteiger partial charge in [-0.2, -0.15) is 0 Å². The third kappa shape index (κ3) is 4.16. The number of rotatable bonds is 6. The summed E-state index contributed by atoms with van der Waals surface area (Å²) in [5.74, 6) is -1.12. The number of aryl methyl sites for hydroxylation is 1. The number of methoxy groups -OCH3 is 3. The second-order valence-electron chi connectivity index (χ2n) is 9.21. The minimum absolute atomic E-state index is 0.129. The van der Waals surface area contributed by atoms with Crippen LogP contribution in [0.25, 0.3) is 21.6 Å². The van der Waals surface area contributed by atoms with Gasteiger partial charge >= 0.3 is 5.91 Å². The maximum atomic E-state index is 13.8. The zero-order valence-electron chi connectivity index (χ0n) is 22.3. The predicted octanol–water partition coefficient (Wildman–Crippen LogP) is 5.56. The van der Waals surface area contributed by atoms with Crippen LogP contribution in [0.15, 0.2) is 60.3 Å². The molecular formula is C29H23ClN4O6S. The molecule has 2 aromatic carbocycles. The van der Waals surface area contributed by atoms with Crippen LogP contribution >= 0.6 is 22.9 Å². The van der Waals surface area contributed by atoms with Crippen molar-refractivity contribution in [2.45, 2.75) is 13.0 Å². The van der Waals surface area contributed by atoms with Gasteiger partial charge in [-0.15, -0.1) is 0 Å². The lowest BCUT2D eigenvalue weighted by molar-refractivity contribution is -0.132. The molecule has 1 aliphatic heterocycles. The molecule has 3 aromatic heterocycles. The topological polar surface area (TPSA) is 115 Å². The van der Waals surface area contributed by atoms with E-state index in [0.717, 1.165) is 4.70 Å². The van der Waals surface area contributed by atoms with Crippen LogP contribution in [-0.2, 0) is 9.59 Å². The smallest absolute Gasteiger partial charge is 0.301 e. The molecule has 41 heavy (non-hydrogen) atoms. The van der Waals surface area contributed by atoms with Crippen LogP contribution in [0.3, 0.4) is 0 Å². The highest BCUT2D eigenvalue weighted by Gasteiger charge is 2.49. The first-order valence-corrected chi connectivity index (χ1v) is 13.6. The Morgan fingerprint density at radius 1 is 1.00 bits per heavy atom. The van der Waals surface area contributed by atoms with E-state index in [-0.39, 0.29) is 16.5 Å². The number of ether oxygens (including phenoxy) is 3. The number of hydrogen-bond donors (Lipinski definition) is 1. The summed E-state index contributed by atoms with van der Waals surface area (Å²) >= 11 is 7.41. The number of pyridine rings is 1. The highest BCUT2D eigenvalue weighted by molar-refractivity contribution is 7.22. The number of fused-ring (bicyclic) bond motifs is 2. The van der Waals surface area contributed by atoms with E-state index < -0.39 is 17.7 Å². The summed E-state index contributed by atoms with van der Waals surface area (Å²) in [6.07, 6.45) is 1.73. The van der Waals surface area contributed by atoms with Crippen LogP contribution < -0.4 is 19.1 Å². The van der Waals surface area contributed by atoms with Gasteiger partial charge in [0.1, 0.15) is 11.3 Å². The molecule has 4 heterocycles. The third-order valence-electron chi connectivity index (χ3n) is 6.92. The summed E-state index contributed by atoms with van der Waals surface area (Å²) < 4.78 is 19.0. The molecule has 1 fully saturated rings. The molecule has 12 heteroatoms. The highest BCUT2D eigenvalue weighted by atomic mass is 35.5. The maximum Gasteiger partial charge on any atom is 0.301 e. The fourth-order valence-corrected chi connectivity index (χ4v) is 6.39. The molecule has 0 saturated carbocycles. The molecule has 0 bridgehead atoms. The van der Waals surface area contributed by atoms with Gasteiger partial charge in [-0.25, -0.2) is 9.97 Å². The summed E-state index contributed by atoms with van der Waals surface area (Å²) in [5, 5.41) is 12.6. The van der Waals surface area contributed by atoms with Crippen LogP contribution in [0.1, 0.15) is 23.0 Å². The van der Waals surface area contributed by atoms with E-state index in [1.165, 1.54) is 37.6 Å². The fraction of sp³-hybridized carbons (Fsp3) is 0.172. The average Bonchev–Trinajstić information content (AvgIpc) is 3.62. The van der Waals surface area contributed by atoms with Gasteiger partial charge in [-0.1, -0.05) is 29.0 Å². The Labute approximate surface area is 243 Å². The van der Waals surface area contributed by atoms with Crippen molar-refractivity contribution < 1.29 is 28.9 Å². The maximum absolute atomic E-state index is 13.8. The van der Waals surface area contributed by atoms with Crippen molar-refractivity contribution in [2.75, 3.05) is 26.2 Å². The second-order valence-corrected chi connectivity index (χ2v) is 10.7. The molecule has 208 valence electrons. The van der Waals surface area contributed by atoms with Crippen molar-refractivity contribution in [2.24, 2.45) is 0 Å². The van der Waals surface area contributed by atoms with Crippen LogP contribution in [-0.4, -0.2) is 52.5 Å². The Hall–Kier alpha value is -4.61. The summed E-state index contributed by atoms with van der Waals surface area (Å²) in [6.45, 7) is 1.73. The monoisotopic (exact) mass is 590 g/mol. The highest BCUT2D eigenvalue weighted by Crippen LogP contribution is 2.48. The lowest BCUT2D eigenvalue weighted by Gasteiger charge is -2.24. The van der Waals surface area contributed by atoms with Crippen molar-refractivity contribution in [1.82, 2.24) is 14.4 Å². The van der Waals surface area contributed by atoms with E-state index in [1.54, 1.807) is 60.0 Å². The number of ketones is 1. The van der Waals surface area contributed by atoms with E-state index >= 15 is 0 Å². The molecule has 1 atom stereocenters. The number of nitrogens with zero attached hydrogens (tertiary/aromatic N) is 4. The average molecular weight is 591 g/mol. The number of halogens is 1. The van der Waals surface area contributed by atoms with E-state index in [1.807, 2.05) is 6.07 Å². The first kappa shape index (κ1) is 26.6. The van der Waals surface area contributed by atoms with Gasteiger partial charge in [0.25, 0.3) is 5.78 Å². The number of aliphatic hydroxyl groups excluding tert-OH is 1. The third-order valence-corrected chi connectivity index (χ3v) is 8.17. The molecule has 0 spiro atoms. The summed E-state index contributed by atoms with van der Waals surface area (Å²) in [7, 11) is 4.42. The number of thiazole rings is 1. The van der Waals surface area contributed by atoms with Crippen molar-refractivity contribution in [1.29, 1.82) is 0 Å². The number of aromatic nitrogens is 3. The van der Waals surface area contributed by atoms with Gasteiger partial charge in [0.05, 0.1) is 48.9 Å². The number of imidazole rings is 1. The number of anilines is 1. The minimum Gasteiger partial charge on any atom is -0.505 e. The number of amides is 1. The van der Waals surface area contributed by atoms with Crippen LogP contribution in [0.4, 0.5) is 5.13 Å². The number of benzene rings is 2. The molecule has 0 aliphatic carbocycles. The largest absolute Gasteiger partial charge is 0.505 e. The SMILES string of the molecule is COc1cc(C2C(=C(O)c3c(C)nc4ccccn34)C(=O)C(=O)N2c2nc3ccc(Cl)cc3s2)cc(OC)c1OC. The second kappa shape index (κ2) is 10.1. The Balaban J connectivity index is 1.65. The van der Waals surface area contributed by atoms with Crippen molar-refractivity contribution in [3.63, 3.8) is 0 Å². The summed E-state index contributed by atoms with van der Waals surface area (Å²) in [6, 6.07) is 12.8. The molecule has 10 nitrogen and oxygen atoms in total. The van der Waals surface area contributed by atoms with Crippen LogP contribution in [0.5, 0.6) is 17.2 Å². The zero-order valence-corrected chi connectivity index (χ0v) is 23.9.